The van der Waals surface area contributed by atoms with E-state index in [1.807, 2.05) is 18.2 Å². The molecule has 57 heavy (non-hydrogen) atoms. The van der Waals surface area contributed by atoms with Crippen LogP contribution < -0.4 is 4.48 Å². The maximum atomic E-state index is 5.42. The van der Waals surface area contributed by atoms with Crippen molar-refractivity contribution in [2.24, 2.45) is 0 Å². The summed E-state index contributed by atoms with van der Waals surface area (Å²) in [5.74, 6) is 1.86. The Morgan fingerprint density at radius 1 is 0.404 bits per heavy atom. The standard InChI is InChI=1S/C51H32N5S/c1-4-17-33(18-5-1)49-52-50(40-27-16-26-39-38-25-12-15-30-47(38)57-48(39)40)54-51(53-49)55-43-28-13-10-23-36(43)41-31-42-37-24-11-14-29-45(37)56(46(42)32-44(41)55,34-19-6-2-7-20-34)35-21-8-3-9-22-35/h1-32H/q+1. The van der Waals surface area contributed by atoms with Gasteiger partial charge >= 0.3 is 0 Å². The van der Waals surface area contributed by atoms with Gasteiger partial charge in [-0.2, -0.15) is 14.5 Å². The normalized spacial score (nSPS) is 13.1. The van der Waals surface area contributed by atoms with Crippen LogP contribution in [0.1, 0.15) is 0 Å². The van der Waals surface area contributed by atoms with Crippen LogP contribution in [0.5, 0.6) is 0 Å². The molecule has 266 valence electrons. The molecule has 0 spiro atoms. The molecule has 12 rings (SSSR count). The summed E-state index contributed by atoms with van der Waals surface area (Å²) in [7, 11) is 0. The van der Waals surface area contributed by atoms with Gasteiger partial charge in [-0.05, 0) is 30.3 Å². The van der Waals surface area contributed by atoms with E-state index in [-0.39, 0.29) is 0 Å². The van der Waals surface area contributed by atoms with Crippen molar-refractivity contribution in [1.29, 1.82) is 0 Å². The second-order valence-corrected chi connectivity index (χ2v) is 15.6. The summed E-state index contributed by atoms with van der Waals surface area (Å²) in [4.78, 5) is 16.0. The summed E-state index contributed by atoms with van der Waals surface area (Å²) >= 11 is 1.79. The minimum absolute atomic E-state index is 0.455. The molecule has 0 saturated carbocycles. The first-order valence-electron chi connectivity index (χ1n) is 19.2. The van der Waals surface area contributed by atoms with Gasteiger partial charge in [-0.1, -0.05) is 127 Å². The topological polar surface area (TPSA) is 43.6 Å². The van der Waals surface area contributed by atoms with Crippen LogP contribution in [-0.2, 0) is 0 Å². The van der Waals surface area contributed by atoms with E-state index >= 15 is 0 Å². The predicted molar refractivity (Wildman–Crippen MR) is 237 cm³/mol. The Morgan fingerprint density at radius 3 is 1.81 bits per heavy atom. The van der Waals surface area contributed by atoms with E-state index in [0.29, 0.717) is 22.1 Å². The maximum Gasteiger partial charge on any atom is 0.238 e. The van der Waals surface area contributed by atoms with Gasteiger partial charge in [0.25, 0.3) is 0 Å². The van der Waals surface area contributed by atoms with Gasteiger partial charge in [0, 0.05) is 78.5 Å². The fourth-order valence-electron chi connectivity index (χ4n) is 9.07. The Labute approximate surface area is 332 Å². The van der Waals surface area contributed by atoms with Crippen LogP contribution in [0.4, 0.5) is 22.7 Å². The minimum atomic E-state index is 0.455. The quantitative estimate of drug-likeness (QED) is 0.165. The highest BCUT2D eigenvalue weighted by molar-refractivity contribution is 7.26. The molecule has 0 unspecified atom stereocenters. The van der Waals surface area contributed by atoms with Gasteiger partial charge in [0.1, 0.15) is 11.4 Å². The molecular formula is C51H32N5S+. The summed E-state index contributed by atoms with van der Waals surface area (Å²) in [6.45, 7) is 0. The Balaban J connectivity index is 1.19. The zero-order valence-corrected chi connectivity index (χ0v) is 31.4. The fourth-order valence-corrected chi connectivity index (χ4v) is 10.3. The average molecular weight is 747 g/mol. The van der Waals surface area contributed by atoms with Crippen LogP contribution in [0.25, 0.3) is 81.8 Å². The zero-order chi connectivity index (χ0) is 37.5. The summed E-state index contributed by atoms with van der Waals surface area (Å²) in [6, 6.07) is 69.3. The maximum absolute atomic E-state index is 5.42. The Morgan fingerprint density at radius 2 is 1.02 bits per heavy atom. The number of aromatic nitrogens is 4. The number of thiophene rings is 1. The highest BCUT2D eigenvalue weighted by Crippen LogP contribution is 2.63. The van der Waals surface area contributed by atoms with E-state index in [1.54, 1.807) is 11.3 Å². The number of fused-ring (bicyclic) bond motifs is 9. The summed E-state index contributed by atoms with van der Waals surface area (Å²) in [5.41, 5.74) is 11.2. The highest BCUT2D eigenvalue weighted by Gasteiger charge is 2.48. The summed E-state index contributed by atoms with van der Waals surface area (Å²) < 4.78 is 5.12. The van der Waals surface area contributed by atoms with E-state index in [4.69, 9.17) is 15.0 Å². The molecule has 8 aromatic carbocycles. The number of benzene rings is 8. The molecule has 4 heterocycles. The number of nitrogens with zero attached hydrogens (tertiary/aromatic N) is 5. The van der Waals surface area contributed by atoms with Crippen LogP contribution in [0.3, 0.4) is 0 Å². The molecule has 6 heteroatoms. The predicted octanol–water partition coefficient (Wildman–Crippen LogP) is 14.0. The molecule has 0 fully saturated rings. The molecule has 0 atom stereocenters. The van der Waals surface area contributed by atoms with Gasteiger partial charge in [-0.15, -0.1) is 11.3 Å². The van der Waals surface area contributed by atoms with Crippen molar-refractivity contribution in [1.82, 2.24) is 24.0 Å². The second-order valence-electron chi connectivity index (χ2n) is 14.5. The molecule has 0 N–H and O–H groups in total. The van der Waals surface area contributed by atoms with E-state index in [1.165, 1.54) is 54.0 Å². The van der Waals surface area contributed by atoms with Crippen molar-refractivity contribution in [3.63, 3.8) is 0 Å². The smallest absolute Gasteiger partial charge is 0.238 e. The number of hydrogen-bond acceptors (Lipinski definition) is 4. The van der Waals surface area contributed by atoms with E-state index in [0.717, 1.165) is 32.9 Å². The molecule has 11 aromatic rings. The van der Waals surface area contributed by atoms with E-state index in [9.17, 15) is 0 Å². The third kappa shape index (κ3) is 4.63. The molecule has 0 amide bonds. The summed E-state index contributed by atoms with van der Waals surface area (Å²) in [6.07, 6.45) is 0. The van der Waals surface area contributed by atoms with Crippen LogP contribution in [0.15, 0.2) is 194 Å². The first-order valence-corrected chi connectivity index (χ1v) is 20.0. The second kappa shape index (κ2) is 12.4. The van der Waals surface area contributed by atoms with E-state index < -0.39 is 0 Å². The van der Waals surface area contributed by atoms with Crippen molar-refractivity contribution >= 4 is 76.1 Å². The van der Waals surface area contributed by atoms with Crippen LogP contribution in [0, 0.1) is 0 Å². The zero-order valence-electron chi connectivity index (χ0n) is 30.6. The third-order valence-electron chi connectivity index (χ3n) is 11.5. The SMILES string of the molecule is c1ccc(-c2nc(-c3cccc4c3sc3ccccc34)nc(-n3c4ccccc4c4cc5c(cc43)[N+](c3ccccc3)(c3ccccc3)c3ccccc3-5)n2)cc1. The average Bonchev–Trinajstić information content (AvgIpc) is 3.92. The Kier molecular flexibility index (Phi) is 6.96. The molecule has 3 aromatic heterocycles. The van der Waals surface area contributed by atoms with Gasteiger partial charge in [0.2, 0.25) is 5.95 Å². The Bertz CT molecular complexity index is 3310. The van der Waals surface area contributed by atoms with Crippen molar-refractivity contribution in [2.75, 3.05) is 0 Å². The number of rotatable bonds is 5. The molecule has 0 saturated heterocycles. The lowest BCUT2D eigenvalue weighted by molar-refractivity contribution is 0.721. The first kappa shape index (κ1) is 32.0. The van der Waals surface area contributed by atoms with E-state index in [2.05, 4.69) is 180 Å². The van der Waals surface area contributed by atoms with Crippen LogP contribution in [0.2, 0.25) is 0 Å². The van der Waals surface area contributed by atoms with Gasteiger partial charge in [0.15, 0.2) is 23.0 Å². The molecular weight excluding hydrogens is 715 g/mol. The van der Waals surface area contributed by atoms with Gasteiger partial charge in [-0.25, -0.2) is 4.98 Å². The highest BCUT2D eigenvalue weighted by atomic mass is 32.1. The van der Waals surface area contributed by atoms with Gasteiger partial charge < -0.3 is 0 Å². The molecule has 0 radical (unpaired) electrons. The van der Waals surface area contributed by atoms with Gasteiger partial charge in [0.05, 0.1) is 22.2 Å². The third-order valence-corrected chi connectivity index (χ3v) is 12.7. The van der Waals surface area contributed by atoms with Gasteiger partial charge in [-0.3, -0.25) is 4.57 Å². The van der Waals surface area contributed by atoms with Crippen LogP contribution >= 0.6 is 11.3 Å². The Hall–Kier alpha value is -7.25. The number of para-hydroxylation sites is 4. The number of quaternary nitrogens is 1. The van der Waals surface area contributed by atoms with Crippen molar-refractivity contribution < 1.29 is 0 Å². The molecule has 0 aliphatic carbocycles. The molecule has 1 aliphatic rings. The lowest BCUT2D eigenvalue weighted by Gasteiger charge is -2.34. The first-order chi connectivity index (χ1) is 28.3. The molecule has 0 bridgehead atoms. The fraction of sp³-hybridized carbons (Fsp3) is 0. The summed E-state index contributed by atoms with van der Waals surface area (Å²) in [5, 5.41) is 4.74. The molecule has 1 aliphatic heterocycles. The largest absolute Gasteiger partial charge is 0.278 e. The van der Waals surface area contributed by atoms with Crippen molar-refractivity contribution in [2.45, 2.75) is 0 Å². The minimum Gasteiger partial charge on any atom is -0.278 e. The van der Waals surface area contributed by atoms with Crippen molar-refractivity contribution in [3.05, 3.63) is 194 Å². The molecule has 5 nitrogen and oxygen atoms in total. The monoisotopic (exact) mass is 746 g/mol. The lowest BCUT2D eigenvalue weighted by atomic mass is 10.0. The lowest BCUT2D eigenvalue weighted by Crippen LogP contribution is -2.31. The van der Waals surface area contributed by atoms with Crippen molar-refractivity contribution in [3.8, 4) is 39.9 Å². The number of hydrogen-bond donors (Lipinski definition) is 0. The van der Waals surface area contributed by atoms with Crippen LogP contribution in [-0.4, -0.2) is 19.5 Å².